The lowest BCUT2D eigenvalue weighted by molar-refractivity contribution is -0.140. The molecule has 3 heterocycles. The first-order chi connectivity index (χ1) is 8.75. The van der Waals surface area contributed by atoms with Crippen molar-refractivity contribution >= 4 is 11.5 Å². The molecule has 0 aromatic carbocycles. The Hall–Kier alpha value is -1.95. The molecule has 18 heavy (non-hydrogen) atoms. The topological polar surface area (TPSA) is 79.5 Å². The van der Waals surface area contributed by atoms with Crippen molar-refractivity contribution in [1.29, 1.82) is 0 Å². The number of carboxylic acid groups (broad SMARTS) is 1. The molecule has 0 aliphatic carbocycles. The summed E-state index contributed by atoms with van der Waals surface area (Å²) in [4.78, 5) is 11.1. The number of aliphatic carboxylic acids is 1. The maximum absolute atomic E-state index is 11.1. The van der Waals surface area contributed by atoms with Crippen molar-refractivity contribution in [3.63, 3.8) is 0 Å². The van der Waals surface area contributed by atoms with Gasteiger partial charge in [-0.05, 0) is 36.9 Å². The molecule has 94 valence electrons. The van der Waals surface area contributed by atoms with Crippen molar-refractivity contribution in [2.24, 2.45) is 0 Å². The van der Waals surface area contributed by atoms with Gasteiger partial charge in [0.05, 0.1) is 11.7 Å². The quantitative estimate of drug-likeness (QED) is 0.813. The lowest BCUT2D eigenvalue weighted by Crippen LogP contribution is -2.42. The number of carboxylic acids is 1. The van der Waals surface area contributed by atoms with Gasteiger partial charge in [0.2, 0.25) is 0 Å². The average molecular weight is 246 g/mol. The van der Waals surface area contributed by atoms with Crippen molar-refractivity contribution in [3.05, 3.63) is 30.1 Å². The number of fused-ring (bicyclic) bond motifs is 1. The second-order valence-electron chi connectivity index (χ2n) is 4.59. The molecule has 2 aromatic heterocycles. The highest BCUT2D eigenvalue weighted by atomic mass is 16.4. The summed E-state index contributed by atoms with van der Waals surface area (Å²) in [5.74, 6) is -0.534. The summed E-state index contributed by atoms with van der Waals surface area (Å²) >= 11 is 0. The molecule has 1 aliphatic heterocycles. The SMILES string of the molecule is O=C(O)C1CC(c2cccn3nncc23)CCN1. The van der Waals surface area contributed by atoms with Gasteiger partial charge >= 0.3 is 5.97 Å². The zero-order valence-corrected chi connectivity index (χ0v) is 9.78. The molecule has 0 spiro atoms. The van der Waals surface area contributed by atoms with Gasteiger partial charge in [-0.2, -0.15) is 0 Å². The van der Waals surface area contributed by atoms with Crippen molar-refractivity contribution in [2.45, 2.75) is 24.8 Å². The molecule has 0 radical (unpaired) electrons. The average Bonchev–Trinajstić information content (AvgIpc) is 2.87. The molecule has 6 nitrogen and oxygen atoms in total. The van der Waals surface area contributed by atoms with E-state index in [2.05, 4.69) is 15.6 Å². The minimum Gasteiger partial charge on any atom is -0.480 e. The Morgan fingerprint density at radius 3 is 3.28 bits per heavy atom. The summed E-state index contributed by atoms with van der Waals surface area (Å²) in [6.07, 6.45) is 5.13. The Bertz CT molecular complexity index is 580. The van der Waals surface area contributed by atoms with E-state index >= 15 is 0 Å². The second kappa shape index (κ2) is 4.38. The molecule has 0 amide bonds. The highest BCUT2D eigenvalue weighted by Gasteiger charge is 2.28. The molecule has 2 aromatic rings. The third kappa shape index (κ3) is 1.84. The van der Waals surface area contributed by atoms with Crippen LogP contribution < -0.4 is 5.32 Å². The first kappa shape index (κ1) is 11.2. The van der Waals surface area contributed by atoms with Gasteiger partial charge in [-0.15, -0.1) is 5.10 Å². The fourth-order valence-corrected chi connectivity index (χ4v) is 2.61. The lowest BCUT2D eigenvalue weighted by atomic mass is 9.86. The van der Waals surface area contributed by atoms with Crippen molar-refractivity contribution in [1.82, 2.24) is 20.1 Å². The summed E-state index contributed by atoms with van der Waals surface area (Å²) in [6, 6.07) is 3.50. The molecule has 2 N–H and O–H groups in total. The van der Waals surface area contributed by atoms with E-state index in [1.54, 1.807) is 10.7 Å². The van der Waals surface area contributed by atoms with Crippen molar-refractivity contribution in [2.75, 3.05) is 6.54 Å². The van der Waals surface area contributed by atoms with E-state index in [4.69, 9.17) is 5.11 Å². The van der Waals surface area contributed by atoms with E-state index in [9.17, 15) is 4.79 Å². The van der Waals surface area contributed by atoms with Gasteiger partial charge in [0.1, 0.15) is 6.04 Å². The van der Waals surface area contributed by atoms with Gasteiger partial charge in [0, 0.05) is 6.20 Å². The van der Waals surface area contributed by atoms with Crippen LogP contribution in [0.25, 0.3) is 5.52 Å². The normalized spacial score (nSPS) is 24.2. The van der Waals surface area contributed by atoms with Crippen LogP contribution in [0, 0.1) is 0 Å². The van der Waals surface area contributed by atoms with Crippen LogP contribution in [-0.4, -0.2) is 38.5 Å². The molecule has 1 saturated heterocycles. The minimum atomic E-state index is -0.779. The highest BCUT2D eigenvalue weighted by molar-refractivity contribution is 5.74. The zero-order valence-electron chi connectivity index (χ0n) is 9.78. The number of hydrogen-bond donors (Lipinski definition) is 2. The molecule has 1 fully saturated rings. The number of carbonyl (C=O) groups is 1. The fraction of sp³-hybridized carbons (Fsp3) is 0.417. The van der Waals surface area contributed by atoms with Crippen LogP contribution in [0.2, 0.25) is 0 Å². The molecular formula is C12H14N4O2. The van der Waals surface area contributed by atoms with E-state index < -0.39 is 12.0 Å². The molecule has 6 heteroatoms. The predicted octanol–water partition coefficient (Wildman–Crippen LogP) is 0.649. The van der Waals surface area contributed by atoms with Crippen molar-refractivity contribution in [3.8, 4) is 0 Å². The summed E-state index contributed by atoms with van der Waals surface area (Å²) < 4.78 is 1.73. The standard InChI is InChI=1S/C12H14N4O2/c17-12(18)10-6-8(3-4-13-10)9-2-1-5-16-11(9)7-14-15-16/h1-2,5,7-8,10,13H,3-4,6H2,(H,17,18). The predicted molar refractivity (Wildman–Crippen MR) is 64.4 cm³/mol. The van der Waals surface area contributed by atoms with E-state index in [0.717, 1.165) is 24.0 Å². The molecule has 0 bridgehead atoms. The largest absolute Gasteiger partial charge is 0.480 e. The Balaban J connectivity index is 1.94. The van der Waals surface area contributed by atoms with E-state index in [1.165, 1.54) is 0 Å². The van der Waals surface area contributed by atoms with Gasteiger partial charge in [0.25, 0.3) is 0 Å². The van der Waals surface area contributed by atoms with Crippen molar-refractivity contribution < 1.29 is 9.90 Å². The number of nitrogens with zero attached hydrogens (tertiary/aromatic N) is 3. The number of rotatable bonds is 2. The maximum atomic E-state index is 11.1. The molecular weight excluding hydrogens is 232 g/mol. The number of nitrogens with one attached hydrogen (secondary N) is 1. The first-order valence-corrected chi connectivity index (χ1v) is 6.01. The third-order valence-corrected chi connectivity index (χ3v) is 3.52. The van der Waals surface area contributed by atoms with E-state index in [1.807, 2.05) is 18.3 Å². The zero-order chi connectivity index (χ0) is 12.5. The van der Waals surface area contributed by atoms with Gasteiger partial charge in [-0.3, -0.25) is 4.79 Å². The maximum Gasteiger partial charge on any atom is 0.320 e. The van der Waals surface area contributed by atoms with E-state index in [-0.39, 0.29) is 5.92 Å². The minimum absolute atomic E-state index is 0.245. The summed E-state index contributed by atoms with van der Waals surface area (Å²) in [5.41, 5.74) is 2.10. The second-order valence-corrected chi connectivity index (χ2v) is 4.59. The molecule has 1 aliphatic rings. The van der Waals surface area contributed by atoms with Crippen LogP contribution >= 0.6 is 0 Å². The number of hydrogen-bond acceptors (Lipinski definition) is 4. The summed E-state index contributed by atoms with van der Waals surface area (Å²) in [7, 11) is 0. The van der Waals surface area contributed by atoms with Crippen LogP contribution in [0.15, 0.2) is 24.5 Å². The van der Waals surface area contributed by atoms with Gasteiger partial charge in [0.15, 0.2) is 0 Å². The number of piperidine rings is 1. The monoisotopic (exact) mass is 246 g/mol. The van der Waals surface area contributed by atoms with Crippen LogP contribution in [-0.2, 0) is 4.79 Å². The Labute approximate surface area is 104 Å². The first-order valence-electron chi connectivity index (χ1n) is 6.01. The van der Waals surface area contributed by atoms with Gasteiger partial charge < -0.3 is 10.4 Å². The third-order valence-electron chi connectivity index (χ3n) is 3.52. The molecule has 2 atom stereocenters. The summed E-state index contributed by atoms with van der Waals surface area (Å²) in [5, 5.41) is 20.0. The fourth-order valence-electron chi connectivity index (χ4n) is 2.61. The van der Waals surface area contributed by atoms with Crippen LogP contribution in [0.4, 0.5) is 0 Å². The molecule has 0 saturated carbocycles. The lowest BCUT2D eigenvalue weighted by Gasteiger charge is -2.28. The Morgan fingerprint density at radius 1 is 1.56 bits per heavy atom. The van der Waals surface area contributed by atoms with Gasteiger partial charge in [-0.1, -0.05) is 11.3 Å². The highest BCUT2D eigenvalue weighted by Crippen LogP contribution is 2.30. The summed E-state index contributed by atoms with van der Waals surface area (Å²) in [6.45, 7) is 0.726. The molecule has 2 unspecified atom stereocenters. The van der Waals surface area contributed by atoms with Crippen LogP contribution in [0.5, 0.6) is 0 Å². The van der Waals surface area contributed by atoms with Crippen LogP contribution in [0.3, 0.4) is 0 Å². The van der Waals surface area contributed by atoms with Crippen LogP contribution in [0.1, 0.15) is 24.3 Å². The van der Waals surface area contributed by atoms with Gasteiger partial charge in [-0.25, -0.2) is 4.52 Å². The number of pyridine rings is 1. The Morgan fingerprint density at radius 2 is 2.44 bits per heavy atom. The number of aromatic nitrogens is 3. The van der Waals surface area contributed by atoms with E-state index in [0.29, 0.717) is 6.42 Å². The molecule has 3 rings (SSSR count). The Kier molecular flexibility index (Phi) is 2.71. The smallest absolute Gasteiger partial charge is 0.320 e.